The second-order valence-corrected chi connectivity index (χ2v) is 5.80. The third kappa shape index (κ3) is 5.13. The summed E-state index contributed by atoms with van der Waals surface area (Å²) >= 11 is 2.01. The van der Waals surface area contributed by atoms with E-state index in [1.165, 1.54) is 23.5 Å². The maximum Gasteiger partial charge on any atom is 0.0537 e. The van der Waals surface area contributed by atoms with Crippen molar-refractivity contribution in [3.05, 3.63) is 18.0 Å². The predicted octanol–water partition coefficient (Wildman–Crippen LogP) is 3.09. The van der Waals surface area contributed by atoms with Crippen molar-refractivity contribution in [3.63, 3.8) is 0 Å². The fourth-order valence-corrected chi connectivity index (χ4v) is 2.60. The van der Waals surface area contributed by atoms with E-state index >= 15 is 0 Å². The number of hydrogen-bond donors (Lipinski definition) is 1. The van der Waals surface area contributed by atoms with Crippen molar-refractivity contribution in [2.45, 2.75) is 52.7 Å². The summed E-state index contributed by atoms with van der Waals surface area (Å²) in [5.74, 6) is 2.46. The Balaban J connectivity index is 2.34. The molecule has 4 heteroatoms. The van der Waals surface area contributed by atoms with Gasteiger partial charge in [-0.05, 0) is 38.7 Å². The van der Waals surface area contributed by atoms with Gasteiger partial charge >= 0.3 is 0 Å². The highest BCUT2D eigenvalue weighted by atomic mass is 32.2. The summed E-state index contributed by atoms with van der Waals surface area (Å²) < 4.78 is 1.98. The molecule has 2 unspecified atom stereocenters. The standard InChI is InChI=1S/C13H25N3S/c1-5-16-10-13(9-14-16)12(4)15-11(3)7-8-17-6-2/h9-12,15H,5-8H2,1-4H3. The number of aryl methyl sites for hydroxylation is 1. The molecule has 1 aromatic heterocycles. The van der Waals surface area contributed by atoms with Crippen LogP contribution < -0.4 is 5.32 Å². The smallest absolute Gasteiger partial charge is 0.0537 e. The highest BCUT2D eigenvalue weighted by molar-refractivity contribution is 7.99. The van der Waals surface area contributed by atoms with E-state index in [4.69, 9.17) is 0 Å². The SMILES string of the molecule is CCSCCC(C)NC(C)c1cnn(CC)c1. The molecule has 2 atom stereocenters. The van der Waals surface area contributed by atoms with E-state index in [9.17, 15) is 0 Å². The van der Waals surface area contributed by atoms with Crippen molar-refractivity contribution in [2.24, 2.45) is 0 Å². The Bertz CT molecular complexity index is 311. The van der Waals surface area contributed by atoms with E-state index < -0.39 is 0 Å². The number of thioether (sulfide) groups is 1. The molecule has 1 N–H and O–H groups in total. The van der Waals surface area contributed by atoms with E-state index in [1.54, 1.807) is 0 Å². The average Bonchev–Trinajstić information content (AvgIpc) is 2.78. The minimum absolute atomic E-state index is 0.386. The molecule has 0 fully saturated rings. The summed E-state index contributed by atoms with van der Waals surface area (Å²) in [6.45, 7) is 9.73. The van der Waals surface area contributed by atoms with Gasteiger partial charge in [-0.15, -0.1) is 0 Å². The van der Waals surface area contributed by atoms with Crippen molar-refractivity contribution < 1.29 is 0 Å². The van der Waals surface area contributed by atoms with Gasteiger partial charge in [0, 0.05) is 30.4 Å². The van der Waals surface area contributed by atoms with E-state index in [0.717, 1.165) is 6.54 Å². The number of rotatable bonds is 8. The second kappa shape index (κ2) is 7.77. The number of aromatic nitrogens is 2. The number of nitrogens with one attached hydrogen (secondary N) is 1. The van der Waals surface area contributed by atoms with Gasteiger partial charge in [-0.2, -0.15) is 16.9 Å². The summed E-state index contributed by atoms with van der Waals surface area (Å²) in [6, 6.07) is 0.950. The average molecular weight is 255 g/mol. The monoisotopic (exact) mass is 255 g/mol. The van der Waals surface area contributed by atoms with E-state index in [2.05, 4.69) is 44.3 Å². The van der Waals surface area contributed by atoms with Crippen molar-refractivity contribution in [3.8, 4) is 0 Å². The minimum atomic E-state index is 0.386. The molecule has 0 aliphatic heterocycles. The molecule has 0 saturated heterocycles. The third-order valence-corrected chi connectivity index (χ3v) is 3.84. The van der Waals surface area contributed by atoms with Crippen LogP contribution in [0.4, 0.5) is 0 Å². The van der Waals surface area contributed by atoms with Gasteiger partial charge in [0.25, 0.3) is 0 Å². The Kier molecular flexibility index (Phi) is 6.66. The molecule has 0 aliphatic carbocycles. The maximum absolute atomic E-state index is 4.31. The molecule has 1 rings (SSSR count). The van der Waals surface area contributed by atoms with E-state index in [0.29, 0.717) is 12.1 Å². The molecule has 3 nitrogen and oxygen atoms in total. The van der Waals surface area contributed by atoms with Gasteiger partial charge in [-0.3, -0.25) is 4.68 Å². The van der Waals surface area contributed by atoms with E-state index in [1.807, 2.05) is 22.6 Å². The van der Waals surface area contributed by atoms with Crippen LogP contribution >= 0.6 is 11.8 Å². The van der Waals surface area contributed by atoms with Crippen molar-refractivity contribution >= 4 is 11.8 Å². The molecule has 0 bridgehead atoms. The van der Waals surface area contributed by atoms with Crippen molar-refractivity contribution in [1.29, 1.82) is 0 Å². The molecule has 0 radical (unpaired) electrons. The molecule has 0 aliphatic rings. The third-order valence-electron chi connectivity index (χ3n) is 2.91. The van der Waals surface area contributed by atoms with Crippen LogP contribution in [0.2, 0.25) is 0 Å². The van der Waals surface area contributed by atoms with Gasteiger partial charge < -0.3 is 5.32 Å². The summed E-state index contributed by atoms with van der Waals surface area (Å²) in [6.07, 6.45) is 5.32. The quantitative estimate of drug-likeness (QED) is 0.724. The van der Waals surface area contributed by atoms with Gasteiger partial charge in [0.15, 0.2) is 0 Å². The fraction of sp³-hybridized carbons (Fsp3) is 0.769. The van der Waals surface area contributed by atoms with Crippen LogP contribution in [0.25, 0.3) is 0 Å². The van der Waals surface area contributed by atoms with Crippen molar-refractivity contribution in [2.75, 3.05) is 11.5 Å². The first-order chi connectivity index (χ1) is 8.17. The van der Waals surface area contributed by atoms with Crippen LogP contribution in [0.15, 0.2) is 12.4 Å². The highest BCUT2D eigenvalue weighted by Gasteiger charge is 2.10. The molecule has 0 spiro atoms. The molecule has 0 amide bonds. The minimum Gasteiger partial charge on any atom is -0.308 e. The Labute approximate surface area is 109 Å². The normalized spacial score (nSPS) is 14.8. The summed E-state index contributed by atoms with van der Waals surface area (Å²) in [5.41, 5.74) is 1.28. The summed E-state index contributed by atoms with van der Waals surface area (Å²) in [5, 5.41) is 7.94. The zero-order valence-corrected chi connectivity index (χ0v) is 12.3. The topological polar surface area (TPSA) is 29.9 Å². The highest BCUT2D eigenvalue weighted by Crippen LogP contribution is 2.13. The zero-order valence-electron chi connectivity index (χ0n) is 11.4. The maximum atomic E-state index is 4.31. The Morgan fingerprint density at radius 1 is 1.41 bits per heavy atom. The van der Waals surface area contributed by atoms with Crippen LogP contribution in [0.3, 0.4) is 0 Å². The molecular formula is C13H25N3S. The van der Waals surface area contributed by atoms with Gasteiger partial charge in [-0.1, -0.05) is 6.92 Å². The van der Waals surface area contributed by atoms with Crippen LogP contribution in [0.1, 0.15) is 45.7 Å². The molecule has 1 aromatic rings. The van der Waals surface area contributed by atoms with Crippen LogP contribution in [-0.4, -0.2) is 27.3 Å². The lowest BCUT2D eigenvalue weighted by atomic mass is 10.1. The zero-order chi connectivity index (χ0) is 12.7. The lowest BCUT2D eigenvalue weighted by molar-refractivity contribution is 0.471. The first kappa shape index (κ1) is 14.6. The van der Waals surface area contributed by atoms with Gasteiger partial charge in [-0.25, -0.2) is 0 Å². The molecule has 0 saturated carbocycles. The molecule has 1 heterocycles. The van der Waals surface area contributed by atoms with E-state index in [-0.39, 0.29) is 0 Å². The summed E-state index contributed by atoms with van der Waals surface area (Å²) in [7, 11) is 0. The molecule has 17 heavy (non-hydrogen) atoms. The van der Waals surface area contributed by atoms with Crippen LogP contribution in [0, 0.1) is 0 Å². The fourth-order valence-electron chi connectivity index (χ4n) is 1.79. The van der Waals surface area contributed by atoms with Crippen molar-refractivity contribution in [1.82, 2.24) is 15.1 Å². The first-order valence-corrected chi connectivity index (χ1v) is 7.69. The number of nitrogens with zero attached hydrogens (tertiary/aromatic N) is 2. The Morgan fingerprint density at radius 3 is 2.76 bits per heavy atom. The van der Waals surface area contributed by atoms with Gasteiger partial charge in [0.05, 0.1) is 6.20 Å². The predicted molar refractivity (Wildman–Crippen MR) is 76.5 cm³/mol. The Morgan fingerprint density at radius 2 is 2.18 bits per heavy atom. The second-order valence-electron chi connectivity index (χ2n) is 4.40. The largest absolute Gasteiger partial charge is 0.308 e. The lowest BCUT2D eigenvalue weighted by Crippen LogP contribution is -2.29. The number of hydrogen-bond acceptors (Lipinski definition) is 3. The van der Waals surface area contributed by atoms with Crippen LogP contribution in [-0.2, 0) is 6.54 Å². The molecule has 0 aromatic carbocycles. The molecular weight excluding hydrogens is 230 g/mol. The first-order valence-electron chi connectivity index (χ1n) is 6.53. The molecule has 98 valence electrons. The lowest BCUT2D eigenvalue weighted by Gasteiger charge is -2.18. The van der Waals surface area contributed by atoms with Gasteiger partial charge in [0.2, 0.25) is 0 Å². The van der Waals surface area contributed by atoms with Crippen LogP contribution in [0.5, 0.6) is 0 Å². The Hall–Kier alpha value is -0.480. The van der Waals surface area contributed by atoms with Gasteiger partial charge in [0.1, 0.15) is 0 Å². The summed E-state index contributed by atoms with van der Waals surface area (Å²) in [4.78, 5) is 0.